The Morgan fingerprint density at radius 2 is 1.83 bits per heavy atom. The molecule has 0 saturated carbocycles. The number of halogens is 1. The molecule has 1 aliphatic heterocycles. The van der Waals surface area contributed by atoms with Gasteiger partial charge in [-0.25, -0.2) is 0 Å². The first kappa shape index (κ1) is 25.6. The topological polar surface area (TPSA) is 64.6 Å². The molecule has 6 heteroatoms. The zero-order chi connectivity index (χ0) is 25.0. The van der Waals surface area contributed by atoms with E-state index in [1.807, 2.05) is 30.3 Å². The molecule has 2 aromatic rings. The van der Waals surface area contributed by atoms with Crippen molar-refractivity contribution in [1.29, 1.82) is 0 Å². The van der Waals surface area contributed by atoms with Crippen LogP contribution >= 0.6 is 15.9 Å². The Labute approximate surface area is 216 Å². The summed E-state index contributed by atoms with van der Waals surface area (Å²) in [4.78, 5) is 27.0. The van der Waals surface area contributed by atoms with Crippen molar-refractivity contribution >= 4 is 27.8 Å². The highest BCUT2D eigenvalue weighted by atomic mass is 79.9. The van der Waals surface area contributed by atoms with Crippen molar-refractivity contribution in [2.75, 3.05) is 20.3 Å². The van der Waals surface area contributed by atoms with E-state index in [0.29, 0.717) is 26.1 Å². The van der Waals surface area contributed by atoms with Gasteiger partial charge in [0.1, 0.15) is 0 Å². The first-order chi connectivity index (χ1) is 16.9. The zero-order valence-corrected chi connectivity index (χ0v) is 22.2. The molecule has 2 aliphatic rings. The molecule has 4 rings (SSSR count). The van der Waals surface area contributed by atoms with Gasteiger partial charge in [-0.3, -0.25) is 9.59 Å². The quantitative estimate of drug-likeness (QED) is 0.207. The molecule has 35 heavy (non-hydrogen) atoms. The Morgan fingerprint density at radius 3 is 2.54 bits per heavy atom. The van der Waals surface area contributed by atoms with Crippen molar-refractivity contribution in [3.05, 3.63) is 81.8 Å². The number of nitrogens with one attached hydrogen (secondary N) is 1. The van der Waals surface area contributed by atoms with Gasteiger partial charge < -0.3 is 14.8 Å². The van der Waals surface area contributed by atoms with Gasteiger partial charge in [0.25, 0.3) is 0 Å². The smallest absolute Gasteiger partial charge is 0.322 e. The van der Waals surface area contributed by atoms with E-state index >= 15 is 0 Å². The second-order valence-corrected chi connectivity index (χ2v) is 10.7. The Kier molecular flexibility index (Phi) is 8.12. The van der Waals surface area contributed by atoms with E-state index in [1.165, 1.54) is 18.2 Å². The van der Waals surface area contributed by atoms with Crippen LogP contribution in [0.15, 0.2) is 70.7 Å². The highest BCUT2D eigenvalue weighted by Gasteiger charge is 2.66. The Morgan fingerprint density at radius 1 is 1.09 bits per heavy atom. The largest absolute Gasteiger partial charge is 0.468 e. The van der Waals surface area contributed by atoms with Gasteiger partial charge in [0.2, 0.25) is 5.91 Å². The van der Waals surface area contributed by atoms with Crippen molar-refractivity contribution in [3.8, 4) is 0 Å². The van der Waals surface area contributed by atoms with Gasteiger partial charge in [0, 0.05) is 29.0 Å². The molecule has 186 valence electrons. The van der Waals surface area contributed by atoms with Gasteiger partial charge in [0.05, 0.1) is 13.7 Å². The number of rotatable bonds is 9. The molecule has 5 atom stereocenters. The molecule has 1 amide bonds. The van der Waals surface area contributed by atoms with Gasteiger partial charge in [-0.15, -0.1) is 0 Å². The summed E-state index contributed by atoms with van der Waals surface area (Å²) in [6.07, 6.45) is 4.18. The van der Waals surface area contributed by atoms with Crippen LogP contribution < -0.4 is 5.32 Å². The van der Waals surface area contributed by atoms with Gasteiger partial charge >= 0.3 is 5.97 Å². The molecule has 1 fully saturated rings. The van der Waals surface area contributed by atoms with Crippen molar-refractivity contribution in [1.82, 2.24) is 5.32 Å². The number of carbonyl (C=O) groups is 2. The standard InChI is InChI=1S/C29H34BrNO4/c1-19-16-23(13-15-35-14-12-22-10-7-11-24(30)17-22)29(28(33)34-3)26(20(19)2)25(31-27(29)32)18-21-8-5-4-6-9-21/h4-11,16-17,20,23,25-26H,12-15,18H2,1-3H3,(H,31,32)/t20-,23+,25+,26+,29-/m1/s1. The van der Waals surface area contributed by atoms with E-state index < -0.39 is 11.4 Å². The third-order valence-electron chi connectivity index (χ3n) is 7.78. The molecule has 0 spiro atoms. The summed E-state index contributed by atoms with van der Waals surface area (Å²) in [5.41, 5.74) is 2.32. The maximum atomic E-state index is 13.6. The number of allylic oxidation sites excluding steroid dienone is 2. The lowest BCUT2D eigenvalue weighted by Crippen LogP contribution is -2.53. The summed E-state index contributed by atoms with van der Waals surface area (Å²) in [5, 5.41) is 3.19. The first-order valence-electron chi connectivity index (χ1n) is 12.3. The van der Waals surface area contributed by atoms with Gasteiger partial charge in [0.15, 0.2) is 5.41 Å². The fourth-order valence-corrected chi connectivity index (χ4v) is 6.44. The minimum atomic E-state index is -1.24. The van der Waals surface area contributed by atoms with Gasteiger partial charge in [-0.05, 0) is 55.4 Å². The first-order valence-corrected chi connectivity index (χ1v) is 13.1. The summed E-state index contributed by atoms with van der Waals surface area (Å²) in [7, 11) is 1.38. The summed E-state index contributed by atoms with van der Waals surface area (Å²) < 4.78 is 12.3. The van der Waals surface area contributed by atoms with Crippen molar-refractivity contribution < 1.29 is 19.1 Å². The van der Waals surface area contributed by atoms with Crippen LogP contribution in [0.3, 0.4) is 0 Å². The molecule has 1 heterocycles. The Bertz CT molecular complexity index is 1090. The normalized spacial score (nSPS) is 27.7. The number of benzene rings is 2. The minimum Gasteiger partial charge on any atom is -0.468 e. The molecule has 5 nitrogen and oxygen atoms in total. The Hall–Kier alpha value is -2.44. The molecule has 1 aliphatic carbocycles. The number of hydrogen-bond donors (Lipinski definition) is 1. The molecule has 1 N–H and O–H groups in total. The SMILES string of the molecule is COC(=O)[C@@]12C(=O)N[C@@H](Cc3ccccc3)[C@@H]1[C@H](C)C(C)=C[C@@H]2CCOCCc1cccc(Br)c1. The summed E-state index contributed by atoms with van der Waals surface area (Å²) in [6, 6.07) is 18.2. The van der Waals surface area contributed by atoms with Crippen LogP contribution in [0, 0.1) is 23.2 Å². The Balaban J connectivity index is 1.52. The van der Waals surface area contributed by atoms with E-state index in [4.69, 9.17) is 9.47 Å². The molecule has 0 bridgehead atoms. The lowest BCUT2D eigenvalue weighted by Gasteiger charge is -2.44. The van der Waals surface area contributed by atoms with Crippen molar-refractivity contribution in [2.24, 2.45) is 23.2 Å². The third-order valence-corrected chi connectivity index (χ3v) is 8.27. The van der Waals surface area contributed by atoms with E-state index in [-0.39, 0.29) is 29.7 Å². The van der Waals surface area contributed by atoms with Crippen molar-refractivity contribution in [3.63, 3.8) is 0 Å². The lowest BCUT2D eigenvalue weighted by atomic mass is 9.56. The predicted molar refractivity (Wildman–Crippen MR) is 140 cm³/mol. The molecule has 2 aromatic carbocycles. The molecule has 0 radical (unpaired) electrons. The fourth-order valence-electron chi connectivity index (χ4n) is 5.99. The maximum Gasteiger partial charge on any atom is 0.322 e. The van der Waals surface area contributed by atoms with E-state index in [0.717, 1.165) is 16.5 Å². The van der Waals surface area contributed by atoms with Crippen LogP contribution in [0.4, 0.5) is 0 Å². The number of hydrogen-bond acceptors (Lipinski definition) is 4. The van der Waals surface area contributed by atoms with Crippen LogP contribution in [0.5, 0.6) is 0 Å². The molecule has 0 aromatic heterocycles. The van der Waals surface area contributed by atoms with Crippen LogP contribution in [0.25, 0.3) is 0 Å². The van der Waals surface area contributed by atoms with Crippen LogP contribution in [0.2, 0.25) is 0 Å². The van der Waals surface area contributed by atoms with E-state index in [9.17, 15) is 9.59 Å². The molecule has 1 saturated heterocycles. The lowest BCUT2D eigenvalue weighted by molar-refractivity contribution is -0.165. The fraction of sp³-hybridized carbons (Fsp3) is 0.448. The molecule has 0 unspecified atom stereocenters. The van der Waals surface area contributed by atoms with Crippen LogP contribution in [-0.4, -0.2) is 38.2 Å². The number of amides is 1. The van der Waals surface area contributed by atoms with E-state index in [2.05, 4.69) is 65.4 Å². The van der Waals surface area contributed by atoms with Crippen LogP contribution in [0.1, 0.15) is 31.4 Å². The minimum absolute atomic E-state index is 0.0791. The second kappa shape index (κ2) is 11.1. The van der Waals surface area contributed by atoms with Crippen molar-refractivity contribution in [2.45, 2.75) is 39.2 Å². The highest BCUT2D eigenvalue weighted by molar-refractivity contribution is 9.10. The molecular formula is C29H34BrNO4. The number of esters is 1. The monoisotopic (exact) mass is 539 g/mol. The highest BCUT2D eigenvalue weighted by Crippen LogP contribution is 2.54. The summed E-state index contributed by atoms with van der Waals surface area (Å²) in [5.74, 6) is -1.03. The third kappa shape index (κ3) is 5.10. The maximum absolute atomic E-state index is 13.6. The average molecular weight is 540 g/mol. The molecular weight excluding hydrogens is 506 g/mol. The average Bonchev–Trinajstić information content (AvgIpc) is 3.14. The predicted octanol–water partition coefficient (Wildman–Crippen LogP) is 5.13. The number of fused-ring (bicyclic) bond motifs is 1. The summed E-state index contributed by atoms with van der Waals surface area (Å²) >= 11 is 3.50. The summed E-state index contributed by atoms with van der Waals surface area (Å²) in [6.45, 7) is 5.28. The number of ether oxygens (including phenoxy) is 2. The van der Waals surface area contributed by atoms with Crippen LogP contribution in [-0.2, 0) is 31.9 Å². The number of methoxy groups -OCH3 is 1. The van der Waals surface area contributed by atoms with Gasteiger partial charge in [-0.1, -0.05) is 77.0 Å². The second-order valence-electron chi connectivity index (χ2n) is 9.74. The van der Waals surface area contributed by atoms with E-state index in [1.54, 1.807) is 0 Å². The van der Waals surface area contributed by atoms with Gasteiger partial charge in [-0.2, -0.15) is 0 Å². The number of carbonyl (C=O) groups excluding carboxylic acids is 2. The zero-order valence-electron chi connectivity index (χ0n) is 20.6.